The fourth-order valence-corrected chi connectivity index (χ4v) is 6.60. The molecule has 6 rings (SSSR count). The van der Waals surface area contributed by atoms with Crippen molar-refractivity contribution in [2.45, 2.75) is 55.6 Å². The summed E-state index contributed by atoms with van der Waals surface area (Å²) in [5.41, 5.74) is 9.10. The molecule has 4 N–H and O–H groups in total. The molecule has 11 heteroatoms. The van der Waals surface area contributed by atoms with Gasteiger partial charge in [-0.25, -0.2) is 23.4 Å². The van der Waals surface area contributed by atoms with Gasteiger partial charge in [0.2, 0.25) is 0 Å². The molecule has 0 bridgehead atoms. The van der Waals surface area contributed by atoms with Crippen LogP contribution in [0.4, 0.5) is 13.6 Å². The van der Waals surface area contributed by atoms with Crippen LogP contribution in [0.15, 0.2) is 59.7 Å². The van der Waals surface area contributed by atoms with Crippen LogP contribution in [0.5, 0.6) is 0 Å². The van der Waals surface area contributed by atoms with Gasteiger partial charge in [-0.1, -0.05) is 18.2 Å². The topological polar surface area (TPSA) is 130 Å². The second-order valence-electron chi connectivity index (χ2n) is 10.3. The van der Waals surface area contributed by atoms with Crippen LogP contribution < -0.4 is 11.4 Å². The highest BCUT2D eigenvalue weighted by atomic mass is 19.2. The van der Waals surface area contributed by atoms with Gasteiger partial charge in [0.15, 0.2) is 17.3 Å². The molecule has 1 fully saturated rings. The zero-order valence-corrected chi connectivity index (χ0v) is 21.0. The summed E-state index contributed by atoms with van der Waals surface area (Å²) in [6.45, 7) is 0.233. The molecular formula is C28H28F2N6O3. The Morgan fingerprint density at radius 1 is 1.00 bits per heavy atom. The molecule has 2 aliphatic rings. The first kappa shape index (κ1) is 25.2. The zero-order chi connectivity index (χ0) is 27.3. The number of imidazole rings is 1. The van der Waals surface area contributed by atoms with Gasteiger partial charge in [-0.3, -0.25) is 14.5 Å². The Morgan fingerprint density at radius 3 is 2.56 bits per heavy atom. The second-order valence-corrected chi connectivity index (χ2v) is 10.3. The number of H-pyrrole nitrogens is 1. The number of nitrogens with zero attached hydrogens (tertiary/aromatic N) is 4. The van der Waals surface area contributed by atoms with Crippen molar-refractivity contribution in [3.05, 3.63) is 93.8 Å². The van der Waals surface area contributed by atoms with E-state index in [4.69, 9.17) is 5.73 Å². The molecule has 39 heavy (non-hydrogen) atoms. The summed E-state index contributed by atoms with van der Waals surface area (Å²) in [6.07, 6.45) is 3.91. The predicted octanol–water partition coefficient (Wildman–Crippen LogP) is 4.44. The summed E-state index contributed by atoms with van der Waals surface area (Å²) in [6, 6.07) is 9.82. The molecule has 1 amide bonds. The van der Waals surface area contributed by atoms with Crippen molar-refractivity contribution < 1.29 is 18.7 Å². The van der Waals surface area contributed by atoms with Crippen molar-refractivity contribution in [3.8, 4) is 0 Å². The third kappa shape index (κ3) is 4.26. The lowest BCUT2D eigenvalue weighted by Gasteiger charge is -2.42. The molecular weight excluding hydrogens is 506 g/mol. The largest absolute Gasteiger partial charge is 0.465 e. The Hall–Kier alpha value is -4.12. The fourth-order valence-electron chi connectivity index (χ4n) is 6.60. The molecule has 9 nitrogen and oxygen atoms in total. The van der Waals surface area contributed by atoms with Crippen molar-refractivity contribution in [1.82, 2.24) is 24.4 Å². The van der Waals surface area contributed by atoms with Gasteiger partial charge in [-0.05, 0) is 61.1 Å². The Bertz CT molecular complexity index is 1600. The average Bonchev–Trinajstić information content (AvgIpc) is 3.20. The van der Waals surface area contributed by atoms with Crippen LogP contribution in [0, 0.1) is 11.6 Å². The van der Waals surface area contributed by atoms with E-state index in [1.54, 1.807) is 35.2 Å². The number of halogens is 2. The van der Waals surface area contributed by atoms with Crippen LogP contribution in [-0.4, -0.2) is 48.2 Å². The van der Waals surface area contributed by atoms with E-state index in [-0.39, 0.29) is 29.8 Å². The summed E-state index contributed by atoms with van der Waals surface area (Å²) in [5, 5.41) is 10.2. The molecule has 3 aromatic heterocycles. The first-order chi connectivity index (χ1) is 18.8. The smallest absolute Gasteiger partial charge is 0.407 e. The maximum Gasteiger partial charge on any atom is 0.407 e. The number of carboxylic acid groups (broad SMARTS) is 1. The summed E-state index contributed by atoms with van der Waals surface area (Å²) >= 11 is 0. The quantitative estimate of drug-likeness (QED) is 0.333. The molecule has 0 radical (unpaired) electrons. The van der Waals surface area contributed by atoms with Crippen molar-refractivity contribution in [1.29, 1.82) is 0 Å². The van der Waals surface area contributed by atoms with Crippen LogP contribution in [0.25, 0.3) is 11.2 Å². The highest BCUT2D eigenvalue weighted by Gasteiger charge is 2.43. The van der Waals surface area contributed by atoms with E-state index in [0.29, 0.717) is 48.1 Å². The number of benzene rings is 1. The number of hydrogen-bond donors (Lipinski definition) is 3. The van der Waals surface area contributed by atoms with Crippen molar-refractivity contribution >= 4 is 17.3 Å². The highest BCUT2D eigenvalue weighted by Crippen LogP contribution is 2.46. The minimum Gasteiger partial charge on any atom is -0.465 e. The predicted molar refractivity (Wildman–Crippen MR) is 139 cm³/mol. The summed E-state index contributed by atoms with van der Waals surface area (Å²) < 4.78 is 30.7. The van der Waals surface area contributed by atoms with E-state index in [1.165, 1.54) is 11.0 Å². The second kappa shape index (κ2) is 9.88. The molecule has 1 aromatic carbocycles. The number of amides is 1. The first-order valence-electron chi connectivity index (χ1n) is 13.0. The van der Waals surface area contributed by atoms with Gasteiger partial charge in [-0.15, -0.1) is 0 Å². The monoisotopic (exact) mass is 534 g/mol. The molecule has 0 spiro atoms. The van der Waals surface area contributed by atoms with Crippen molar-refractivity contribution in [3.63, 3.8) is 0 Å². The van der Waals surface area contributed by atoms with Gasteiger partial charge in [-0.2, -0.15) is 0 Å². The van der Waals surface area contributed by atoms with E-state index in [1.807, 2.05) is 12.1 Å². The number of pyridine rings is 2. The van der Waals surface area contributed by atoms with Crippen LogP contribution in [0.2, 0.25) is 0 Å². The maximum atomic E-state index is 14.9. The van der Waals surface area contributed by atoms with E-state index in [9.17, 15) is 23.5 Å². The lowest BCUT2D eigenvalue weighted by molar-refractivity contribution is 0.0779. The number of carbonyl (C=O) groups is 1. The molecule has 1 saturated heterocycles. The van der Waals surface area contributed by atoms with Crippen LogP contribution >= 0.6 is 0 Å². The molecule has 4 aromatic rings. The Kier molecular flexibility index (Phi) is 6.38. The van der Waals surface area contributed by atoms with Crippen LogP contribution in [-0.2, 0) is 0 Å². The van der Waals surface area contributed by atoms with E-state index >= 15 is 0 Å². The number of hydrogen-bond acceptors (Lipinski definition) is 5. The lowest BCUT2D eigenvalue weighted by atomic mass is 9.82. The third-order valence-corrected chi connectivity index (χ3v) is 8.37. The van der Waals surface area contributed by atoms with Gasteiger partial charge in [0.25, 0.3) is 0 Å². The standard InChI is InChI=1S/C28H28F2N6O3/c29-20-6-1-4-16(23(20)30)17-8-9-18(25-19(24(17)31)5-2-11-32-25)22-14-15(10-13-35(22)28(38)39)36-21-7-3-12-33-26(21)34-27(36)37/h1-7,11-12,15,17-18,22,24H,8-10,13-14,31H2,(H,38,39)(H,33,34,37)/t15?,17-,18+,22?,24-/m0/s1. The Labute approximate surface area is 222 Å². The molecule has 4 heterocycles. The summed E-state index contributed by atoms with van der Waals surface area (Å²) in [4.78, 5) is 38.5. The number of likely N-dealkylation sites (tertiary alicyclic amines) is 1. The Morgan fingerprint density at radius 2 is 1.74 bits per heavy atom. The summed E-state index contributed by atoms with van der Waals surface area (Å²) in [7, 11) is 0. The van der Waals surface area contributed by atoms with Gasteiger partial charge < -0.3 is 15.7 Å². The minimum atomic E-state index is -1.05. The molecule has 1 aliphatic carbocycles. The van der Waals surface area contributed by atoms with E-state index in [2.05, 4.69) is 15.0 Å². The highest BCUT2D eigenvalue weighted by molar-refractivity contribution is 5.70. The number of nitrogens with two attached hydrogens (primary N) is 1. The zero-order valence-electron chi connectivity index (χ0n) is 21.0. The van der Waals surface area contributed by atoms with Crippen LogP contribution in [0.3, 0.4) is 0 Å². The van der Waals surface area contributed by atoms with Gasteiger partial charge >= 0.3 is 11.8 Å². The molecule has 202 valence electrons. The van der Waals surface area contributed by atoms with E-state index < -0.39 is 35.7 Å². The normalized spacial score (nSPS) is 25.3. The van der Waals surface area contributed by atoms with E-state index in [0.717, 1.165) is 6.07 Å². The molecule has 1 aliphatic heterocycles. The summed E-state index contributed by atoms with van der Waals surface area (Å²) in [5.74, 6) is -2.72. The molecule has 2 unspecified atom stereocenters. The minimum absolute atomic E-state index is 0.201. The van der Waals surface area contributed by atoms with Gasteiger partial charge in [0.05, 0.1) is 11.2 Å². The number of fused-ring (bicyclic) bond motifs is 2. The molecule has 0 saturated carbocycles. The van der Waals surface area contributed by atoms with Crippen LogP contribution in [0.1, 0.15) is 66.4 Å². The molecule has 5 atom stereocenters. The van der Waals surface area contributed by atoms with Crippen molar-refractivity contribution in [2.24, 2.45) is 5.73 Å². The Balaban J connectivity index is 1.41. The fraction of sp³-hybridized carbons (Fsp3) is 0.357. The first-order valence-corrected chi connectivity index (χ1v) is 13.0. The number of nitrogens with one attached hydrogen (secondary N) is 1. The number of aromatic nitrogens is 4. The third-order valence-electron chi connectivity index (χ3n) is 8.37. The van der Waals surface area contributed by atoms with Crippen molar-refractivity contribution in [2.75, 3.05) is 6.54 Å². The number of rotatable bonds is 3. The average molecular weight is 535 g/mol. The lowest BCUT2D eigenvalue weighted by Crippen LogP contribution is -2.49. The number of piperidine rings is 1. The van der Waals surface area contributed by atoms with Gasteiger partial charge in [0.1, 0.15) is 0 Å². The number of aromatic amines is 1. The SMILES string of the molecule is N[C@@H]1c2cccnc2[C@@H](C2CC(n3c(=O)[nH]c4ncccc43)CCN2C(=O)O)CC[C@H]1c1cccc(F)c1F. The van der Waals surface area contributed by atoms with Gasteiger partial charge in [0, 0.05) is 48.9 Å². The maximum absolute atomic E-state index is 14.9.